The van der Waals surface area contributed by atoms with Gasteiger partial charge in [0, 0.05) is 23.4 Å². The Kier molecular flexibility index (Phi) is 4.88. The van der Waals surface area contributed by atoms with Crippen LogP contribution >= 0.6 is 0 Å². The highest BCUT2D eigenvalue weighted by Crippen LogP contribution is 2.33. The van der Waals surface area contributed by atoms with Crippen molar-refractivity contribution in [2.45, 2.75) is 0 Å². The van der Waals surface area contributed by atoms with Crippen LogP contribution in [0.3, 0.4) is 0 Å². The molecule has 0 unspecified atom stereocenters. The molecule has 4 heterocycles. The van der Waals surface area contributed by atoms with E-state index in [4.69, 9.17) is 19.4 Å². The second kappa shape index (κ2) is 8.21. The van der Waals surface area contributed by atoms with Crippen molar-refractivity contribution in [3.8, 4) is 45.4 Å². The van der Waals surface area contributed by atoms with E-state index in [0.29, 0.717) is 39.6 Å². The molecular formula is C26H19FN6O2. The Morgan fingerprint density at radius 3 is 2.51 bits per heavy atom. The fraction of sp³-hybridized carbons (Fsp3) is 0.0769. The predicted molar refractivity (Wildman–Crippen MR) is 131 cm³/mol. The largest absolute Gasteiger partial charge is 0.497 e. The van der Waals surface area contributed by atoms with Gasteiger partial charge in [0.1, 0.15) is 22.8 Å². The number of H-pyrrole nitrogens is 2. The number of hydrogen-bond donors (Lipinski definition) is 2. The van der Waals surface area contributed by atoms with Gasteiger partial charge in [-0.2, -0.15) is 5.10 Å². The molecule has 172 valence electrons. The molecule has 9 heteroatoms. The molecule has 0 saturated carbocycles. The number of para-hydroxylation sites is 1. The summed E-state index contributed by atoms with van der Waals surface area (Å²) in [5, 5.41) is 7.49. The average molecular weight is 466 g/mol. The number of rotatable bonds is 5. The fourth-order valence-electron chi connectivity index (χ4n) is 4.11. The van der Waals surface area contributed by atoms with Crippen LogP contribution in [0.5, 0.6) is 11.5 Å². The summed E-state index contributed by atoms with van der Waals surface area (Å²) < 4.78 is 24.7. The second-order valence-corrected chi connectivity index (χ2v) is 7.95. The predicted octanol–water partition coefficient (Wildman–Crippen LogP) is 5.39. The minimum atomic E-state index is -0.380. The quantitative estimate of drug-likeness (QED) is 0.353. The van der Waals surface area contributed by atoms with Crippen LogP contribution in [0.15, 0.2) is 67.0 Å². The molecule has 0 aliphatic rings. The molecule has 2 aromatic carbocycles. The number of aromatic nitrogens is 6. The molecule has 0 aliphatic carbocycles. The molecule has 35 heavy (non-hydrogen) atoms. The molecule has 0 amide bonds. The van der Waals surface area contributed by atoms with E-state index >= 15 is 0 Å². The smallest absolute Gasteiger partial charge is 0.161 e. The van der Waals surface area contributed by atoms with E-state index in [9.17, 15) is 4.39 Å². The number of aromatic amines is 2. The standard InChI is InChI=1S/C26H19FN6O2/c1-34-17-9-14(8-16(27)11-17)19-4-3-5-21-23(19)31-26(30-21)25-24-22(32-33-25)7-6-20(29-24)15-10-18(35-2)13-28-12-15/h3-13H,1-2H3,(H,30,31)(H,32,33). The number of pyridine rings is 2. The molecule has 6 rings (SSSR count). The maximum Gasteiger partial charge on any atom is 0.161 e. The topological polar surface area (TPSA) is 102 Å². The van der Waals surface area contributed by atoms with Gasteiger partial charge >= 0.3 is 0 Å². The van der Waals surface area contributed by atoms with Crippen LogP contribution in [0, 0.1) is 5.82 Å². The molecule has 6 aromatic rings. The molecule has 0 atom stereocenters. The van der Waals surface area contributed by atoms with E-state index in [1.165, 1.54) is 19.2 Å². The zero-order chi connectivity index (χ0) is 23.9. The summed E-state index contributed by atoms with van der Waals surface area (Å²) in [6.45, 7) is 0. The monoisotopic (exact) mass is 466 g/mol. The van der Waals surface area contributed by atoms with Crippen molar-refractivity contribution >= 4 is 22.1 Å². The van der Waals surface area contributed by atoms with Crippen LogP contribution in [-0.2, 0) is 0 Å². The number of ether oxygens (including phenoxy) is 2. The molecule has 0 bridgehead atoms. The van der Waals surface area contributed by atoms with Crippen molar-refractivity contribution in [1.82, 2.24) is 30.1 Å². The van der Waals surface area contributed by atoms with Gasteiger partial charge in [-0.25, -0.2) is 14.4 Å². The average Bonchev–Trinajstić information content (AvgIpc) is 3.51. The minimum absolute atomic E-state index is 0.380. The first-order valence-corrected chi connectivity index (χ1v) is 10.8. The van der Waals surface area contributed by atoms with Gasteiger partial charge in [-0.15, -0.1) is 0 Å². The summed E-state index contributed by atoms with van der Waals surface area (Å²) in [7, 11) is 3.11. The van der Waals surface area contributed by atoms with Crippen molar-refractivity contribution in [3.05, 3.63) is 72.8 Å². The number of methoxy groups -OCH3 is 2. The number of hydrogen-bond acceptors (Lipinski definition) is 6. The normalized spacial score (nSPS) is 11.3. The number of nitrogens with zero attached hydrogens (tertiary/aromatic N) is 4. The lowest BCUT2D eigenvalue weighted by atomic mass is 10.0. The molecule has 0 fully saturated rings. The van der Waals surface area contributed by atoms with Gasteiger partial charge in [0.25, 0.3) is 0 Å². The SMILES string of the molecule is COc1cncc(-c2ccc3[nH]nc(-c4nc5c(-c6cc(F)cc(OC)c6)cccc5[nH]4)c3n2)c1. The lowest BCUT2D eigenvalue weighted by Gasteiger charge is -2.06. The van der Waals surface area contributed by atoms with E-state index in [0.717, 1.165) is 27.9 Å². The van der Waals surface area contributed by atoms with Crippen LogP contribution in [-0.4, -0.2) is 44.4 Å². The third-order valence-corrected chi connectivity index (χ3v) is 5.81. The van der Waals surface area contributed by atoms with E-state index in [1.54, 1.807) is 25.6 Å². The Hall–Kier alpha value is -4.79. The van der Waals surface area contributed by atoms with Gasteiger partial charge in [0.15, 0.2) is 11.5 Å². The van der Waals surface area contributed by atoms with Gasteiger partial charge in [0.05, 0.1) is 42.7 Å². The van der Waals surface area contributed by atoms with E-state index in [1.807, 2.05) is 36.4 Å². The van der Waals surface area contributed by atoms with Crippen molar-refractivity contribution in [3.63, 3.8) is 0 Å². The number of benzene rings is 2. The minimum Gasteiger partial charge on any atom is -0.497 e. The third kappa shape index (κ3) is 3.63. The van der Waals surface area contributed by atoms with E-state index in [-0.39, 0.29) is 5.82 Å². The van der Waals surface area contributed by atoms with Crippen molar-refractivity contribution in [2.24, 2.45) is 0 Å². The van der Waals surface area contributed by atoms with Gasteiger partial charge in [-0.05, 0) is 42.0 Å². The highest BCUT2D eigenvalue weighted by atomic mass is 19.1. The highest BCUT2D eigenvalue weighted by molar-refractivity contribution is 5.96. The molecule has 0 saturated heterocycles. The van der Waals surface area contributed by atoms with Crippen LogP contribution in [0.1, 0.15) is 0 Å². The highest BCUT2D eigenvalue weighted by Gasteiger charge is 2.17. The Morgan fingerprint density at radius 2 is 1.66 bits per heavy atom. The van der Waals surface area contributed by atoms with Crippen LogP contribution in [0.4, 0.5) is 4.39 Å². The van der Waals surface area contributed by atoms with E-state index in [2.05, 4.69) is 20.2 Å². The first-order chi connectivity index (χ1) is 17.1. The van der Waals surface area contributed by atoms with Crippen molar-refractivity contribution < 1.29 is 13.9 Å². The summed E-state index contributed by atoms with van der Waals surface area (Å²) in [4.78, 5) is 17.2. The van der Waals surface area contributed by atoms with Crippen molar-refractivity contribution in [1.29, 1.82) is 0 Å². The molecule has 0 aliphatic heterocycles. The first-order valence-electron chi connectivity index (χ1n) is 10.8. The van der Waals surface area contributed by atoms with E-state index < -0.39 is 0 Å². The molecular weight excluding hydrogens is 447 g/mol. The van der Waals surface area contributed by atoms with Gasteiger partial charge in [0.2, 0.25) is 0 Å². The fourth-order valence-corrected chi connectivity index (χ4v) is 4.11. The number of imidazole rings is 1. The Morgan fingerprint density at radius 1 is 0.800 bits per heavy atom. The lowest BCUT2D eigenvalue weighted by molar-refractivity contribution is 0.411. The van der Waals surface area contributed by atoms with Gasteiger partial charge in [-0.1, -0.05) is 12.1 Å². The summed E-state index contributed by atoms with van der Waals surface area (Å²) in [5.41, 5.74) is 6.51. The Balaban J connectivity index is 1.48. The van der Waals surface area contributed by atoms with Gasteiger partial charge < -0.3 is 14.5 Å². The summed E-state index contributed by atoms with van der Waals surface area (Å²) in [5.74, 6) is 1.26. The Bertz CT molecular complexity index is 1710. The maximum absolute atomic E-state index is 14.2. The lowest BCUT2D eigenvalue weighted by Crippen LogP contribution is -1.90. The molecule has 0 spiro atoms. The molecule has 4 aromatic heterocycles. The number of nitrogens with one attached hydrogen (secondary N) is 2. The Labute approximate surface area is 198 Å². The molecule has 8 nitrogen and oxygen atoms in total. The molecule has 0 radical (unpaired) electrons. The summed E-state index contributed by atoms with van der Waals surface area (Å²) in [6.07, 6.45) is 3.38. The zero-order valence-corrected chi connectivity index (χ0v) is 18.8. The summed E-state index contributed by atoms with van der Waals surface area (Å²) in [6, 6.07) is 16.0. The van der Waals surface area contributed by atoms with Crippen molar-refractivity contribution in [2.75, 3.05) is 14.2 Å². The third-order valence-electron chi connectivity index (χ3n) is 5.81. The second-order valence-electron chi connectivity index (χ2n) is 7.95. The van der Waals surface area contributed by atoms with Crippen LogP contribution in [0.2, 0.25) is 0 Å². The number of fused-ring (bicyclic) bond motifs is 2. The molecule has 2 N–H and O–H groups in total. The summed E-state index contributed by atoms with van der Waals surface area (Å²) >= 11 is 0. The van der Waals surface area contributed by atoms with Gasteiger partial charge in [-0.3, -0.25) is 10.1 Å². The number of halogens is 1. The van der Waals surface area contributed by atoms with Crippen LogP contribution < -0.4 is 9.47 Å². The maximum atomic E-state index is 14.2. The zero-order valence-electron chi connectivity index (χ0n) is 18.8. The first kappa shape index (κ1) is 20.8. The van der Waals surface area contributed by atoms with Crippen LogP contribution in [0.25, 0.3) is 56.0 Å².